The van der Waals surface area contributed by atoms with Crippen LogP contribution >= 0.6 is 11.6 Å². The second kappa shape index (κ2) is 8.67. The first-order chi connectivity index (χ1) is 14.5. The fourth-order valence-corrected chi connectivity index (χ4v) is 3.75. The summed E-state index contributed by atoms with van der Waals surface area (Å²) in [5.74, 6) is -0.254. The molecular weight excluding hydrogens is 402 g/mol. The number of aromatic nitrogens is 1. The van der Waals surface area contributed by atoms with Gasteiger partial charge in [0.1, 0.15) is 6.04 Å². The number of halogens is 1. The second-order valence-corrected chi connectivity index (χ2v) is 7.83. The van der Waals surface area contributed by atoms with E-state index in [1.54, 1.807) is 11.8 Å². The van der Waals surface area contributed by atoms with Crippen molar-refractivity contribution < 1.29 is 9.59 Å². The summed E-state index contributed by atoms with van der Waals surface area (Å²) in [5.41, 5.74) is 2.75. The Kier molecular flexibility index (Phi) is 5.81. The number of benzene rings is 2. The molecule has 3 amide bonds. The molecule has 3 N–H and O–H groups in total. The third-order valence-corrected chi connectivity index (χ3v) is 5.53. The van der Waals surface area contributed by atoms with E-state index < -0.39 is 6.04 Å². The van der Waals surface area contributed by atoms with Crippen LogP contribution in [0.4, 0.5) is 16.2 Å². The maximum atomic E-state index is 12.6. The van der Waals surface area contributed by atoms with Crippen molar-refractivity contribution in [3.05, 3.63) is 59.8 Å². The number of H-pyrrole nitrogens is 1. The summed E-state index contributed by atoms with van der Waals surface area (Å²) >= 11 is 6.07. The van der Waals surface area contributed by atoms with Crippen molar-refractivity contribution in [3.8, 4) is 0 Å². The molecule has 0 bridgehead atoms. The summed E-state index contributed by atoms with van der Waals surface area (Å²) in [7, 11) is 0. The van der Waals surface area contributed by atoms with E-state index in [1.807, 2.05) is 54.7 Å². The van der Waals surface area contributed by atoms with Gasteiger partial charge in [0.05, 0.1) is 0 Å². The molecule has 2 aromatic carbocycles. The number of aromatic amines is 1. The summed E-state index contributed by atoms with van der Waals surface area (Å²) in [6.45, 7) is 4.27. The van der Waals surface area contributed by atoms with Crippen molar-refractivity contribution in [2.45, 2.75) is 13.0 Å². The first-order valence-electron chi connectivity index (χ1n) is 9.93. The molecule has 4 rings (SSSR count). The van der Waals surface area contributed by atoms with Gasteiger partial charge >= 0.3 is 6.03 Å². The number of piperazine rings is 1. The van der Waals surface area contributed by atoms with Gasteiger partial charge in [-0.15, -0.1) is 0 Å². The van der Waals surface area contributed by atoms with E-state index in [0.717, 1.165) is 16.6 Å². The van der Waals surface area contributed by atoms with E-state index in [2.05, 4.69) is 20.5 Å². The standard InChI is InChI=1S/C22H24ClN5O2/c1-15(21(29)26-18-5-6-20-16(13-18)7-8-24-20)25-22(30)28-11-9-27(10-12-28)19-4-2-3-17(23)14-19/h2-8,13-15,24H,9-12H2,1H3,(H,25,30)(H,26,29)/t15-/m1/s1. The van der Waals surface area contributed by atoms with Crippen molar-refractivity contribution in [1.29, 1.82) is 0 Å². The number of urea groups is 1. The molecule has 2 heterocycles. The highest BCUT2D eigenvalue weighted by atomic mass is 35.5. The predicted molar refractivity (Wildman–Crippen MR) is 120 cm³/mol. The smallest absolute Gasteiger partial charge is 0.318 e. The molecule has 0 spiro atoms. The van der Waals surface area contributed by atoms with Crippen LogP contribution in [0.5, 0.6) is 0 Å². The summed E-state index contributed by atoms with van der Waals surface area (Å²) in [5, 5.41) is 7.37. The Morgan fingerprint density at radius 1 is 1.07 bits per heavy atom. The first kappa shape index (κ1) is 20.1. The highest BCUT2D eigenvalue weighted by Crippen LogP contribution is 2.21. The van der Waals surface area contributed by atoms with E-state index in [1.165, 1.54) is 0 Å². The zero-order valence-electron chi connectivity index (χ0n) is 16.7. The van der Waals surface area contributed by atoms with Crippen LogP contribution in [0.2, 0.25) is 5.02 Å². The number of anilines is 2. The van der Waals surface area contributed by atoms with Crippen molar-refractivity contribution in [2.24, 2.45) is 0 Å². The molecule has 0 aliphatic carbocycles. The number of hydrogen-bond donors (Lipinski definition) is 3. The average Bonchev–Trinajstić information content (AvgIpc) is 3.21. The van der Waals surface area contributed by atoms with Gasteiger partial charge in [-0.3, -0.25) is 4.79 Å². The second-order valence-electron chi connectivity index (χ2n) is 7.39. The van der Waals surface area contributed by atoms with Gasteiger partial charge in [-0.1, -0.05) is 17.7 Å². The molecule has 1 fully saturated rings. The Bertz CT molecular complexity index is 1060. The molecule has 30 heavy (non-hydrogen) atoms. The minimum Gasteiger partial charge on any atom is -0.368 e. The van der Waals surface area contributed by atoms with E-state index in [4.69, 9.17) is 11.6 Å². The van der Waals surface area contributed by atoms with Crippen LogP contribution in [0.3, 0.4) is 0 Å². The number of carbonyl (C=O) groups is 2. The van der Waals surface area contributed by atoms with Crippen LogP contribution in [-0.4, -0.2) is 54.0 Å². The Morgan fingerprint density at radius 3 is 2.63 bits per heavy atom. The molecule has 0 saturated carbocycles. The number of hydrogen-bond acceptors (Lipinski definition) is 3. The summed E-state index contributed by atoms with van der Waals surface area (Å²) in [6.07, 6.45) is 1.85. The lowest BCUT2D eigenvalue weighted by Gasteiger charge is -2.36. The van der Waals surface area contributed by atoms with Crippen molar-refractivity contribution in [3.63, 3.8) is 0 Å². The minimum atomic E-state index is -0.648. The van der Waals surface area contributed by atoms with Gasteiger partial charge in [-0.25, -0.2) is 4.79 Å². The van der Waals surface area contributed by atoms with Crippen LogP contribution in [0.1, 0.15) is 6.92 Å². The average molecular weight is 426 g/mol. The lowest BCUT2D eigenvalue weighted by atomic mass is 10.2. The third-order valence-electron chi connectivity index (χ3n) is 5.29. The van der Waals surface area contributed by atoms with Gasteiger partial charge in [-0.2, -0.15) is 0 Å². The van der Waals surface area contributed by atoms with Crippen molar-refractivity contribution >= 4 is 45.8 Å². The van der Waals surface area contributed by atoms with E-state index in [-0.39, 0.29) is 11.9 Å². The quantitative estimate of drug-likeness (QED) is 0.596. The zero-order chi connectivity index (χ0) is 21.1. The highest BCUT2D eigenvalue weighted by Gasteiger charge is 2.24. The third kappa shape index (κ3) is 4.52. The molecule has 156 valence electrons. The Balaban J connectivity index is 1.28. The molecule has 7 nitrogen and oxygen atoms in total. The van der Waals surface area contributed by atoms with Gasteiger partial charge in [-0.05, 0) is 49.4 Å². The van der Waals surface area contributed by atoms with Crippen LogP contribution < -0.4 is 15.5 Å². The molecule has 1 aliphatic heterocycles. The fraction of sp³-hybridized carbons (Fsp3) is 0.273. The molecular formula is C22H24ClN5O2. The molecule has 1 atom stereocenters. The van der Waals surface area contributed by atoms with Gasteiger partial charge in [0.15, 0.2) is 0 Å². The Morgan fingerprint density at radius 2 is 1.87 bits per heavy atom. The fourth-order valence-electron chi connectivity index (χ4n) is 3.56. The van der Waals surface area contributed by atoms with E-state index >= 15 is 0 Å². The maximum absolute atomic E-state index is 12.6. The van der Waals surface area contributed by atoms with Crippen molar-refractivity contribution in [1.82, 2.24) is 15.2 Å². The number of nitrogens with one attached hydrogen (secondary N) is 3. The number of carbonyl (C=O) groups excluding carboxylic acids is 2. The van der Waals surface area contributed by atoms with E-state index in [0.29, 0.717) is 36.9 Å². The van der Waals surface area contributed by atoms with Gasteiger partial charge in [0.2, 0.25) is 5.91 Å². The molecule has 0 unspecified atom stereocenters. The number of amides is 3. The molecule has 8 heteroatoms. The molecule has 1 saturated heterocycles. The topological polar surface area (TPSA) is 80.5 Å². The lowest BCUT2D eigenvalue weighted by molar-refractivity contribution is -0.117. The number of rotatable bonds is 4. The van der Waals surface area contributed by atoms with Crippen LogP contribution in [-0.2, 0) is 4.79 Å². The van der Waals surface area contributed by atoms with Gasteiger partial charge < -0.3 is 25.4 Å². The number of fused-ring (bicyclic) bond motifs is 1. The Hall–Kier alpha value is -3.19. The summed E-state index contributed by atoms with van der Waals surface area (Å²) in [4.78, 5) is 32.1. The lowest BCUT2D eigenvalue weighted by Crippen LogP contribution is -2.54. The summed E-state index contributed by atoms with van der Waals surface area (Å²) < 4.78 is 0. The predicted octanol–water partition coefficient (Wildman–Crippen LogP) is 3.68. The van der Waals surface area contributed by atoms with Gasteiger partial charge in [0.25, 0.3) is 0 Å². The van der Waals surface area contributed by atoms with Crippen molar-refractivity contribution in [2.75, 3.05) is 36.4 Å². The monoisotopic (exact) mass is 425 g/mol. The van der Waals surface area contributed by atoms with Crippen LogP contribution in [0, 0.1) is 0 Å². The Labute approximate surface area is 180 Å². The molecule has 1 aromatic heterocycles. The molecule has 3 aromatic rings. The highest BCUT2D eigenvalue weighted by molar-refractivity contribution is 6.30. The van der Waals surface area contributed by atoms with Crippen LogP contribution in [0.25, 0.3) is 10.9 Å². The van der Waals surface area contributed by atoms with Gasteiger partial charge in [0, 0.05) is 59.7 Å². The van der Waals surface area contributed by atoms with E-state index in [9.17, 15) is 9.59 Å². The normalized spacial score (nSPS) is 15.1. The summed E-state index contributed by atoms with van der Waals surface area (Å²) in [6, 6.07) is 14.4. The maximum Gasteiger partial charge on any atom is 0.318 e. The molecule has 0 radical (unpaired) electrons. The molecule has 1 aliphatic rings. The first-order valence-corrected chi connectivity index (χ1v) is 10.3. The SMILES string of the molecule is C[C@@H](NC(=O)N1CCN(c2cccc(Cl)c2)CC1)C(=O)Nc1ccc2[nH]ccc2c1. The number of nitrogens with zero attached hydrogens (tertiary/aromatic N) is 2. The minimum absolute atomic E-state index is 0.232. The van der Waals surface area contributed by atoms with Crippen LogP contribution in [0.15, 0.2) is 54.7 Å². The zero-order valence-corrected chi connectivity index (χ0v) is 17.4. The largest absolute Gasteiger partial charge is 0.368 e.